The van der Waals surface area contributed by atoms with E-state index in [0.29, 0.717) is 19.0 Å². The highest BCUT2D eigenvalue weighted by Gasteiger charge is 2.24. The van der Waals surface area contributed by atoms with Gasteiger partial charge in [-0.2, -0.15) is 0 Å². The van der Waals surface area contributed by atoms with E-state index in [1.165, 1.54) is 17.7 Å². The first-order valence-electron chi connectivity index (χ1n) is 8.29. The van der Waals surface area contributed by atoms with Crippen molar-refractivity contribution >= 4 is 27.3 Å². The van der Waals surface area contributed by atoms with Crippen molar-refractivity contribution in [3.63, 3.8) is 0 Å². The van der Waals surface area contributed by atoms with Gasteiger partial charge in [0.2, 0.25) is 10.0 Å². The molecule has 136 valence electrons. The molecule has 24 heavy (non-hydrogen) atoms. The summed E-state index contributed by atoms with van der Waals surface area (Å²) in [7, 11) is -3.47. The molecule has 1 aliphatic rings. The number of likely N-dealkylation sites (tertiary alicyclic amines) is 1. The second kappa shape index (κ2) is 9.36. The lowest BCUT2D eigenvalue weighted by Crippen LogP contribution is -2.41. The fourth-order valence-electron chi connectivity index (χ4n) is 2.75. The predicted molar refractivity (Wildman–Crippen MR) is 99.8 cm³/mol. The van der Waals surface area contributed by atoms with Gasteiger partial charge in [-0.25, -0.2) is 13.6 Å². The van der Waals surface area contributed by atoms with Crippen LogP contribution >= 0.6 is 11.3 Å². The summed E-state index contributed by atoms with van der Waals surface area (Å²) in [6, 6.07) is 4.51. The smallest absolute Gasteiger partial charge is 0.210 e. The van der Waals surface area contributed by atoms with Gasteiger partial charge in [0.05, 0.1) is 18.3 Å². The van der Waals surface area contributed by atoms with Gasteiger partial charge in [-0.1, -0.05) is 6.07 Å². The largest absolute Gasteiger partial charge is 0.357 e. The molecule has 1 aromatic rings. The van der Waals surface area contributed by atoms with Crippen LogP contribution in [0.1, 0.15) is 30.7 Å². The molecule has 0 radical (unpaired) electrons. The van der Waals surface area contributed by atoms with Crippen molar-refractivity contribution in [2.24, 2.45) is 10.1 Å². The maximum Gasteiger partial charge on any atom is 0.210 e. The predicted octanol–water partition coefficient (Wildman–Crippen LogP) is 0.729. The van der Waals surface area contributed by atoms with Crippen LogP contribution in [-0.4, -0.2) is 57.8 Å². The molecule has 1 atom stereocenters. The average molecular weight is 374 g/mol. The third-order valence-electron chi connectivity index (χ3n) is 3.90. The molecule has 2 heterocycles. The quantitative estimate of drug-likeness (QED) is 0.461. The van der Waals surface area contributed by atoms with Crippen LogP contribution in [0.5, 0.6) is 0 Å². The van der Waals surface area contributed by atoms with Crippen LogP contribution in [0.15, 0.2) is 22.5 Å². The monoisotopic (exact) mass is 373 g/mol. The lowest BCUT2D eigenvalue weighted by molar-refractivity contribution is 0.255. The third kappa shape index (κ3) is 6.39. The Labute approximate surface area is 148 Å². The summed E-state index contributed by atoms with van der Waals surface area (Å²) in [6.07, 6.45) is 2.47. The molecular formula is C15H27N5O2S2. The topological polar surface area (TPSA) is 99.8 Å². The summed E-state index contributed by atoms with van der Waals surface area (Å²) in [4.78, 5) is 8.45. The molecule has 0 aliphatic carbocycles. The summed E-state index contributed by atoms with van der Waals surface area (Å²) in [6.45, 7) is 5.80. The van der Waals surface area contributed by atoms with Crippen LogP contribution in [0.3, 0.4) is 0 Å². The van der Waals surface area contributed by atoms with Crippen molar-refractivity contribution in [1.29, 1.82) is 0 Å². The highest BCUT2D eigenvalue weighted by atomic mass is 32.2. The van der Waals surface area contributed by atoms with Crippen LogP contribution in [0.25, 0.3) is 0 Å². The zero-order valence-electron chi connectivity index (χ0n) is 14.1. The first-order valence-corrected chi connectivity index (χ1v) is 10.9. The van der Waals surface area contributed by atoms with Gasteiger partial charge in [-0.05, 0) is 44.3 Å². The van der Waals surface area contributed by atoms with Crippen LogP contribution in [0.2, 0.25) is 0 Å². The fourth-order valence-corrected chi connectivity index (χ4v) is 3.99. The second-order valence-corrected chi connectivity index (χ2v) is 8.50. The van der Waals surface area contributed by atoms with Crippen molar-refractivity contribution in [3.8, 4) is 0 Å². The molecule has 1 aromatic heterocycles. The average Bonchev–Trinajstić information content (AvgIpc) is 3.20. The Morgan fingerprint density at radius 1 is 1.42 bits per heavy atom. The lowest BCUT2D eigenvalue weighted by atomic mass is 10.2. The van der Waals surface area contributed by atoms with E-state index in [1.807, 2.05) is 6.92 Å². The zero-order valence-corrected chi connectivity index (χ0v) is 15.7. The van der Waals surface area contributed by atoms with Crippen molar-refractivity contribution in [3.05, 3.63) is 22.4 Å². The normalized spacial score (nSPS) is 17.8. The molecule has 9 heteroatoms. The van der Waals surface area contributed by atoms with Gasteiger partial charge in [0, 0.05) is 18.0 Å². The Kier molecular flexibility index (Phi) is 7.47. The summed E-state index contributed by atoms with van der Waals surface area (Å²) in [5.74, 6) is 0.514. The van der Waals surface area contributed by atoms with Crippen LogP contribution < -0.4 is 15.8 Å². The molecule has 0 amide bonds. The molecule has 1 saturated heterocycles. The third-order valence-corrected chi connectivity index (χ3v) is 5.65. The molecular weight excluding hydrogens is 346 g/mol. The first-order chi connectivity index (χ1) is 11.5. The number of nitrogens with zero attached hydrogens (tertiary/aromatic N) is 2. The van der Waals surface area contributed by atoms with Crippen molar-refractivity contribution < 1.29 is 8.42 Å². The number of primary sulfonamides is 1. The van der Waals surface area contributed by atoms with Gasteiger partial charge in [-0.15, -0.1) is 11.3 Å². The Morgan fingerprint density at radius 2 is 2.17 bits per heavy atom. The lowest BCUT2D eigenvalue weighted by Gasteiger charge is -2.25. The van der Waals surface area contributed by atoms with Crippen molar-refractivity contribution in [2.75, 3.05) is 38.5 Å². The van der Waals surface area contributed by atoms with Gasteiger partial charge < -0.3 is 10.6 Å². The molecule has 0 saturated carbocycles. The molecule has 4 N–H and O–H groups in total. The number of sulfonamides is 1. The highest BCUT2D eigenvalue weighted by Crippen LogP contribution is 2.28. The number of rotatable bonds is 8. The van der Waals surface area contributed by atoms with E-state index in [1.54, 1.807) is 11.3 Å². The second-order valence-electron chi connectivity index (χ2n) is 5.79. The highest BCUT2D eigenvalue weighted by molar-refractivity contribution is 7.89. The number of hydrogen-bond acceptors (Lipinski definition) is 5. The Bertz CT molecular complexity index is 610. The molecule has 1 unspecified atom stereocenters. The van der Waals surface area contributed by atoms with Gasteiger partial charge >= 0.3 is 0 Å². The van der Waals surface area contributed by atoms with E-state index in [2.05, 4.69) is 38.0 Å². The maximum atomic E-state index is 11.0. The summed E-state index contributed by atoms with van der Waals surface area (Å²) in [5.41, 5.74) is 0. The van der Waals surface area contributed by atoms with E-state index in [4.69, 9.17) is 5.14 Å². The number of hydrogen-bond donors (Lipinski definition) is 3. The van der Waals surface area contributed by atoms with Gasteiger partial charge in [0.1, 0.15) is 0 Å². The van der Waals surface area contributed by atoms with Crippen molar-refractivity contribution in [2.45, 2.75) is 25.8 Å². The molecule has 7 nitrogen and oxygen atoms in total. The van der Waals surface area contributed by atoms with E-state index in [0.717, 1.165) is 13.1 Å². The van der Waals surface area contributed by atoms with Crippen LogP contribution in [0.4, 0.5) is 0 Å². The summed E-state index contributed by atoms with van der Waals surface area (Å²) < 4.78 is 22.1. The van der Waals surface area contributed by atoms with Crippen LogP contribution in [0, 0.1) is 0 Å². The molecule has 0 aromatic carbocycles. The minimum Gasteiger partial charge on any atom is -0.357 e. The minimum atomic E-state index is -3.47. The van der Waals surface area contributed by atoms with Gasteiger partial charge in [-0.3, -0.25) is 9.89 Å². The fraction of sp³-hybridized carbons (Fsp3) is 0.667. The van der Waals surface area contributed by atoms with E-state index in [9.17, 15) is 8.42 Å². The Hall–Kier alpha value is -1.16. The SMILES string of the molecule is CCNC(=NCC(c1cccs1)N1CCCC1)NCCS(N)(=O)=O. The van der Waals surface area contributed by atoms with E-state index >= 15 is 0 Å². The number of nitrogens with two attached hydrogens (primary N) is 1. The van der Waals surface area contributed by atoms with E-state index < -0.39 is 10.0 Å². The number of thiophene rings is 1. The van der Waals surface area contributed by atoms with Gasteiger partial charge in [0.25, 0.3) is 0 Å². The Balaban J connectivity index is 2.00. The maximum absolute atomic E-state index is 11.0. The summed E-state index contributed by atoms with van der Waals surface area (Å²) >= 11 is 1.76. The molecule has 1 fully saturated rings. The minimum absolute atomic E-state index is 0.113. The van der Waals surface area contributed by atoms with Crippen molar-refractivity contribution in [1.82, 2.24) is 15.5 Å². The number of nitrogens with one attached hydrogen (secondary N) is 2. The first kappa shape index (κ1) is 19.2. The molecule has 0 bridgehead atoms. The summed E-state index contributed by atoms with van der Waals surface area (Å²) in [5, 5.41) is 13.3. The van der Waals surface area contributed by atoms with E-state index in [-0.39, 0.29) is 18.3 Å². The Morgan fingerprint density at radius 3 is 2.75 bits per heavy atom. The van der Waals surface area contributed by atoms with Gasteiger partial charge in [0.15, 0.2) is 5.96 Å². The molecule has 1 aliphatic heterocycles. The zero-order chi connectivity index (χ0) is 17.4. The number of aliphatic imine (C=N–C) groups is 1. The molecule has 0 spiro atoms. The standard InChI is InChI=1S/C15H27N5O2S2/c1-2-17-15(18-7-11-24(16,21)22)19-12-13(14-6-5-10-23-14)20-8-3-4-9-20/h5-6,10,13H,2-4,7-9,11-12H2,1H3,(H2,16,21,22)(H2,17,18,19). The molecule has 2 rings (SSSR count). The van der Waals surface area contributed by atoms with Crippen LogP contribution in [-0.2, 0) is 10.0 Å². The number of guanidine groups is 1.